The van der Waals surface area contributed by atoms with Gasteiger partial charge in [-0.15, -0.1) is 0 Å². The van der Waals surface area contributed by atoms with E-state index in [1.165, 1.54) is 23.0 Å². The first-order valence-electron chi connectivity index (χ1n) is 7.63. The number of benzene rings is 2. The molecule has 0 amide bonds. The van der Waals surface area contributed by atoms with E-state index in [-0.39, 0.29) is 17.7 Å². The van der Waals surface area contributed by atoms with Gasteiger partial charge in [-0.3, -0.25) is 14.2 Å². The van der Waals surface area contributed by atoms with E-state index in [1.807, 2.05) is 44.2 Å². The first kappa shape index (κ1) is 16.1. The number of Topliss-reactive ketones (excluding diaryl/α,β-unsaturated/α-hetero) is 1. The second kappa shape index (κ2) is 6.00. The van der Waals surface area contributed by atoms with Crippen molar-refractivity contribution in [2.24, 2.45) is 0 Å². The lowest BCUT2D eigenvalue weighted by Crippen LogP contribution is -2.35. The number of aromatic nitrogens is 2. The van der Waals surface area contributed by atoms with Crippen molar-refractivity contribution in [3.63, 3.8) is 0 Å². The fraction of sp³-hybridized carbons (Fsp3) is 0.211. The van der Waals surface area contributed by atoms with Crippen molar-refractivity contribution >= 4 is 16.7 Å². The minimum absolute atomic E-state index is 0.111. The average Bonchev–Trinajstić information content (AvgIpc) is 2.58. The summed E-state index contributed by atoms with van der Waals surface area (Å²) in [6, 6.07) is 13.2. The van der Waals surface area contributed by atoms with Crippen molar-refractivity contribution in [1.82, 2.24) is 9.55 Å². The van der Waals surface area contributed by atoms with Gasteiger partial charge in [-0.05, 0) is 37.6 Å². The summed E-state index contributed by atoms with van der Waals surface area (Å²) in [5, 5.41) is 0.169. The maximum atomic E-state index is 13.4. The van der Waals surface area contributed by atoms with Crippen LogP contribution < -0.4 is 5.56 Å². The Balaban J connectivity index is 1.96. The predicted octanol–water partition coefficient (Wildman–Crippen LogP) is 3.08. The summed E-state index contributed by atoms with van der Waals surface area (Å²) in [7, 11) is 0. The molecule has 3 aromatic rings. The number of hydrogen-bond acceptors (Lipinski definition) is 3. The lowest BCUT2D eigenvalue weighted by atomic mass is 9.80. The molecule has 24 heavy (non-hydrogen) atoms. The van der Waals surface area contributed by atoms with Crippen LogP contribution >= 0.6 is 0 Å². The molecule has 0 unspecified atom stereocenters. The highest BCUT2D eigenvalue weighted by molar-refractivity contribution is 5.89. The summed E-state index contributed by atoms with van der Waals surface area (Å²) in [5.74, 6) is -0.622. The molecule has 122 valence electrons. The summed E-state index contributed by atoms with van der Waals surface area (Å²) in [5.41, 5.74) is 0.129. The second-order valence-electron chi connectivity index (χ2n) is 6.25. The smallest absolute Gasteiger partial charge is 0.261 e. The van der Waals surface area contributed by atoms with Crippen LogP contribution in [0.4, 0.5) is 4.39 Å². The molecular formula is C19H17FN2O2. The lowest BCUT2D eigenvalue weighted by Gasteiger charge is -2.24. The molecule has 5 heteroatoms. The number of ketones is 1. The highest BCUT2D eigenvalue weighted by atomic mass is 19.1. The van der Waals surface area contributed by atoms with Crippen molar-refractivity contribution in [2.45, 2.75) is 25.8 Å². The molecule has 1 aromatic heterocycles. The average molecular weight is 324 g/mol. The van der Waals surface area contributed by atoms with Crippen molar-refractivity contribution in [1.29, 1.82) is 0 Å². The third-order valence-electron chi connectivity index (χ3n) is 4.29. The van der Waals surface area contributed by atoms with E-state index in [2.05, 4.69) is 4.98 Å². The second-order valence-corrected chi connectivity index (χ2v) is 6.25. The Kier molecular flexibility index (Phi) is 4.01. The summed E-state index contributed by atoms with van der Waals surface area (Å²) in [6.07, 6.45) is 1.33. The molecule has 0 aliphatic carbocycles. The van der Waals surface area contributed by atoms with E-state index in [4.69, 9.17) is 0 Å². The number of rotatable bonds is 4. The predicted molar refractivity (Wildman–Crippen MR) is 90.4 cm³/mol. The first-order valence-corrected chi connectivity index (χ1v) is 7.63. The van der Waals surface area contributed by atoms with Crippen LogP contribution in [0.2, 0.25) is 0 Å². The van der Waals surface area contributed by atoms with Crippen LogP contribution in [0.1, 0.15) is 19.4 Å². The number of nitrogens with zero attached hydrogens (tertiary/aromatic N) is 2. The summed E-state index contributed by atoms with van der Waals surface area (Å²) >= 11 is 0. The molecule has 0 saturated heterocycles. The topological polar surface area (TPSA) is 52.0 Å². The monoisotopic (exact) mass is 324 g/mol. The van der Waals surface area contributed by atoms with Gasteiger partial charge in [-0.2, -0.15) is 0 Å². The minimum Gasteiger partial charge on any atom is -0.297 e. The van der Waals surface area contributed by atoms with Gasteiger partial charge in [0.1, 0.15) is 5.82 Å². The van der Waals surface area contributed by atoms with Gasteiger partial charge in [0.25, 0.3) is 5.56 Å². The van der Waals surface area contributed by atoms with Gasteiger partial charge in [0.05, 0.1) is 29.2 Å². The molecule has 0 fully saturated rings. The molecule has 0 N–H and O–H groups in total. The molecule has 0 aliphatic heterocycles. The summed E-state index contributed by atoms with van der Waals surface area (Å²) < 4.78 is 14.6. The van der Waals surface area contributed by atoms with Crippen LogP contribution in [0.15, 0.2) is 59.7 Å². The normalized spacial score (nSPS) is 11.6. The maximum absolute atomic E-state index is 13.4. The van der Waals surface area contributed by atoms with E-state index in [0.29, 0.717) is 5.52 Å². The molecule has 2 aromatic carbocycles. The Morgan fingerprint density at radius 2 is 1.88 bits per heavy atom. The van der Waals surface area contributed by atoms with Gasteiger partial charge in [-0.25, -0.2) is 9.37 Å². The SMILES string of the molecule is CC(C)(C(=O)Cn1cnc2ccc(F)cc2c1=O)c1ccccc1. The van der Waals surface area contributed by atoms with E-state index in [0.717, 1.165) is 11.6 Å². The first-order chi connectivity index (χ1) is 11.4. The van der Waals surface area contributed by atoms with Gasteiger partial charge in [0.2, 0.25) is 0 Å². The zero-order valence-electron chi connectivity index (χ0n) is 13.5. The molecule has 0 spiro atoms. The van der Waals surface area contributed by atoms with E-state index in [1.54, 1.807) is 0 Å². The lowest BCUT2D eigenvalue weighted by molar-refractivity contribution is -0.124. The van der Waals surface area contributed by atoms with Gasteiger partial charge < -0.3 is 0 Å². The highest BCUT2D eigenvalue weighted by Crippen LogP contribution is 2.24. The van der Waals surface area contributed by atoms with Crippen molar-refractivity contribution in [3.8, 4) is 0 Å². The van der Waals surface area contributed by atoms with Crippen LogP contribution in [-0.2, 0) is 16.8 Å². The fourth-order valence-corrected chi connectivity index (χ4v) is 2.61. The van der Waals surface area contributed by atoms with Crippen molar-refractivity contribution < 1.29 is 9.18 Å². The van der Waals surface area contributed by atoms with Crippen LogP contribution in [0.3, 0.4) is 0 Å². The molecule has 0 radical (unpaired) electrons. The minimum atomic E-state index is -0.738. The molecular weight excluding hydrogens is 307 g/mol. The van der Waals surface area contributed by atoms with Gasteiger partial charge in [-0.1, -0.05) is 30.3 Å². The Hall–Kier alpha value is -2.82. The zero-order valence-corrected chi connectivity index (χ0v) is 13.5. The molecule has 0 atom stereocenters. The number of halogens is 1. The Morgan fingerprint density at radius 1 is 1.17 bits per heavy atom. The van der Waals surface area contributed by atoms with Crippen LogP contribution in [-0.4, -0.2) is 15.3 Å². The molecule has 4 nitrogen and oxygen atoms in total. The third kappa shape index (κ3) is 2.85. The number of hydrogen-bond donors (Lipinski definition) is 0. The maximum Gasteiger partial charge on any atom is 0.261 e. The highest BCUT2D eigenvalue weighted by Gasteiger charge is 2.29. The van der Waals surface area contributed by atoms with E-state index >= 15 is 0 Å². The molecule has 0 aliphatic rings. The molecule has 1 heterocycles. The standard InChI is InChI=1S/C19H17FN2O2/c1-19(2,13-6-4-3-5-7-13)17(23)11-22-12-21-16-9-8-14(20)10-15(16)18(22)24/h3-10,12H,11H2,1-2H3. The van der Waals surface area contributed by atoms with E-state index < -0.39 is 16.8 Å². The third-order valence-corrected chi connectivity index (χ3v) is 4.29. The van der Waals surface area contributed by atoms with Crippen molar-refractivity contribution in [2.75, 3.05) is 0 Å². The van der Waals surface area contributed by atoms with Crippen LogP contribution in [0.5, 0.6) is 0 Å². The van der Waals surface area contributed by atoms with Gasteiger partial charge >= 0.3 is 0 Å². The molecule has 0 saturated carbocycles. The van der Waals surface area contributed by atoms with Crippen LogP contribution in [0.25, 0.3) is 10.9 Å². The number of fused-ring (bicyclic) bond motifs is 1. The number of carbonyl (C=O) groups is 1. The Labute approximate surface area is 138 Å². The van der Waals surface area contributed by atoms with Gasteiger partial charge in [0.15, 0.2) is 5.78 Å². The fourth-order valence-electron chi connectivity index (χ4n) is 2.61. The zero-order chi connectivity index (χ0) is 17.3. The molecule has 0 bridgehead atoms. The quantitative estimate of drug-likeness (QED) is 0.741. The largest absolute Gasteiger partial charge is 0.297 e. The summed E-state index contributed by atoms with van der Waals surface area (Å²) in [6.45, 7) is 3.54. The van der Waals surface area contributed by atoms with Gasteiger partial charge in [0, 0.05) is 0 Å². The Morgan fingerprint density at radius 3 is 2.58 bits per heavy atom. The van der Waals surface area contributed by atoms with E-state index in [9.17, 15) is 14.0 Å². The van der Waals surface area contributed by atoms with Crippen molar-refractivity contribution in [3.05, 3.63) is 76.6 Å². The summed E-state index contributed by atoms with van der Waals surface area (Å²) in [4.78, 5) is 29.3. The van der Waals surface area contributed by atoms with Crippen LogP contribution in [0, 0.1) is 5.82 Å². The number of carbonyl (C=O) groups excluding carboxylic acids is 1. The molecule has 3 rings (SSSR count). The Bertz CT molecular complexity index is 962.